The van der Waals surface area contributed by atoms with Crippen molar-refractivity contribution in [1.29, 1.82) is 0 Å². The maximum atomic E-state index is 12.2. The third kappa shape index (κ3) is 3.43. The van der Waals surface area contributed by atoms with E-state index in [0.29, 0.717) is 11.5 Å². The molecule has 0 bridgehead atoms. The van der Waals surface area contributed by atoms with Gasteiger partial charge in [0.2, 0.25) is 6.79 Å². The molecule has 0 amide bonds. The summed E-state index contributed by atoms with van der Waals surface area (Å²) in [5.41, 5.74) is 0.797. The summed E-state index contributed by atoms with van der Waals surface area (Å²) in [5.74, 6) is -0.369. The number of esters is 2. The summed E-state index contributed by atoms with van der Waals surface area (Å²) in [5, 5.41) is -0.0336. The summed E-state index contributed by atoms with van der Waals surface area (Å²) in [6.45, 7) is 10.8. The summed E-state index contributed by atoms with van der Waals surface area (Å²) >= 11 is 0. The van der Waals surface area contributed by atoms with Crippen LogP contribution in [0.4, 0.5) is 0 Å². The van der Waals surface area contributed by atoms with Gasteiger partial charge in [-0.15, -0.1) is 0 Å². The number of rotatable bonds is 4. The molecule has 6 nitrogen and oxygen atoms in total. The smallest absolute Gasteiger partial charge is 0.320 e. The molecule has 136 valence electrons. The molecule has 25 heavy (non-hydrogen) atoms. The molecular formula is C18H24O6Si. The van der Waals surface area contributed by atoms with Crippen LogP contribution in [0.5, 0.6) is 11.5 Å². The van der Waals surface area contributed by atoms with Gasteiger partial charge in [0.05, 0.1) is 18.4 Å². The Morgan fingerprint density at radius 3 is 2.44 bits per heavy atom. The topological polar surface area (TPSA) is 71.1 Å². The summed E-state index contributed by atoms with van der Waals surface area (Å²) < 4.78 is 22.1. The van der Waals surface area contributed by atoms with E-state index in [2.05, 4.69) is 33.9 Å². The van der Waals surface area contributed by atoms with Crippen molar-refractivity contribution < 1.29 is 28.2 Å². The molecule has 3 rings (SSSR count). The second kappa shape index (κ2) is 6.14. The fraction of sp³-hybridized carbons (Fsp3) is 0.556. The van der Waals surface area contributed by atoms with Gasteiger partial charge in [-0.1, -0.05) is 26.8 Å². The number of benzene rings is 1. The predicted octanol–water partition coefficient (Wildman–Crippen LogP) is 3.57. The Morgan fingerprint density at radius 1 is 1.16 bits per heavy atom. The van der Waals surface area contributed by atoms with Crippen LogP contribution in [-0.2, 0) is 18.8 Å². The van der Waals surface area contributed by atoms with Crippen LogP contribution in [0.15, 0.2) is 18.2 Å². The van der Waals surface area contributed by atoms with E-state index in [1.54, 1.807) is 0 Å². The molecule has 0 unspecified atom stereocenters. The zero-order chi connectivity index (χ0) is 18.4. The molecule has 0 aliphatic carbocycles. The molecule has 2 heterocycles. The molecule has 1 fully saturated rings. The second-order valence-corrected chi connectivity index (χ2v) is 12.8. The summed E-state index contributed by atoms with van der Waals surface area (Å²) in [4.78, 5) is 23.8. The SMILES string of the molecule is CC(C)(C)[Si](C)(C)O[C@@H](c1ccc2c(c1)OCO2)[C@@H]1CC(=O)OC1=O. The Morgan fingerprint density at radius 2 is 1.84 bits per heavy atom. The molecule has 2 aliphatic heterocycles. The van der Waals surface area contributed by atoms with E-state index in [1.807, 2.05) is 18.2 Å². The van der Waals surface area contributed by atoms with Crippen LogP contribution < -0.4 is 9.47 Å². The van der Waals surface area contributed by atoms with Crippen LogP contribution in [0.25, 0.3) is 0 Å². The Balaban J connectivity index is 1.97. The van der Waals surface area contributed by atoms with Gasteiger partial charge in [0, 0.05) is 0 Å². The molecule has 1 aromatic carbocycles. The number of fused-ring (bicyclic) bond motifs is 1. The van der Waals surface area contributed by atoms with Gasteiger partial charge < -0.3 is 18.6 Å². The summed E-state index contributed by atoms with van der Waals surface area (Å²) in [7, 11) is -2.19. The fourth-order valence-electron chi connectivity index (χ4n) is 2.69. The Hall–Kier alpha value is -1.86. The quantitative estimate of drug-likeness (QED) is 0.462. The highest BCUT2D eigenvalue weighted by molar-refractivity contribution is 6.74. The minimum Gasteiger partial charge on any atom is -0.454 e. The molecule has 0 aromatic heterocycles. The largest absolute Gasteiger partial charge is 0.454 e. The Labute approximate surface area is 148 Å². The molecule has 0 N–H and O–H groups in total. The van der Waals surface area contributed by atoms with Gasteiger partial charge >= 0.3 is 11.9 Å². The van der Waals surface area contributed by atoms with Crippen molar-refractivity contribution in [1.82, 2.24) is 0 Å². The highest BCUT2D eigenvalue weighted by atomic mass is 28.4. The van der Waals surface area contributed by atoms with Crippen molar-refractivity contribution in [2.45, 2.75) is 51.4 Å². The summed E-state index contributed by atoms with van der Waals surface area (Å²) in [6, 6.07) is 5.50. The Bertz CT molecular complexity index is 706. The van der Waals surface area contributed by atoms with Gasteiger partial charge in [0.15, 0.2) is 19.8 Å². The molecule has 2 aliphatic rings. The molecule has 0 radical (unpaired) electrons. The third-order valence-corrected chi connectivity index (χ3v) is 9.68. The lowest BCUT2D eigenvalue weighted by Crippen LogP contribution is -2.43. The number of carbonyl (C=O) groups is 2. The highest BCUT2D eigenvalue weighted by Crippen LogP contribution is 2.45. The van der Waals surface area contributed by atoms with Crippen molar-refractivity contribution in [3.05, 3.63) is 23.8 Å². The average Bonchev–Trinajstić information content (AvgIpc) is 3.08. The molecule has 0 saturated carbocycles. The van der Waals surface area contributed by atoms with Crippen LogP contribution in [-0.4, -0.2) is 27.0 Å². The minimum atomic E-state index is -2.19. The first-order valence-electron chi connectivity index (χ1n) is 8.40. The van der Waals surface area contributed by atoms with Crippen LogP contribution >= 0.6 is 0 Å². The number of hydrogen-bond donors (Lipinski definition) is 0. The lowest BCUT2D eigenvalue weighted by atomic mass is 9.94. The molecule has 0 spiro atoms. The lowest BCUT2D eigenvalue weighted by molar-refractivity contribution is -0.154. The van der Waals surface area contributed by atoms with E-state index in [1.165, 1.54) is 0 Å². The third-order valence-electron chi connectivity index (χ3n) is 5.22. The van der Waals surface area contributed by atoms with E-state index >= 15 is 0 Å². The number of ether oxygens (including phenoxy) is 3. The van der Waals surface area contributed by atoms with Gasteiger partial charge in [-0.05, 0) is 35.8 Å². The van der Waals surface area contributed by atoms with Crippen LogP contribution in [0.2, 0.25) is 18.1 Å². The monoisotopic (exact) mass is 364 g/mol. The van der Waals surface area contributed by atoms with Crippen molar-refractivity contribution in [2.75, 3.05) is 6.79 Å². The molecule has 1 aromatic rings. The first-order valence-corrected chi connectivity index (χ1v) is 11.3. The summed E-state index contributed by atoms with van der Waals surface area (Å²) in [6.07, 6.45) is -0.513. The van der Waals surface area contributed by atoms with E-state index in [4.69, 9.17) is 18.6 Å². The first kappa shape index (κ1) is 17.9. The standard InChI is InChI=1S/C18H24O6Si/c1-18(2,3)25(4,5)24-16(12-9-15(19)23-17(12)20)11-6-7-13-14(8-11)22-10-21-13/h6-8,12,16H,9-10H2,1-5H3/t12-,16-/m0/s1. The van der Waals surface area contributed by atoms with Gasteiger partial charge in [-0.25, -0.2) is 0 Å². The molecular weight excluding hydrogens is 340 g/mol. The zero-order valence-electron chi connectivity index (χ0n) is 15.3. The maximum absolute atomic E-state index is 12.2. The van der Waals surface area contributed by atoms with Gasteiger partial charge in [0.1, 0.15) is 0 Å². The van der Waals surface area contributed by atoms with Crippen LogP contribution in [0.1, 0.15) is 38.9 Å². The van der Waals surface area contributed by atoms with E-state index in [-0.39, 0.29) is 18.3 Å². The molecule has 7 heteroatoms. The number of carbonyl (C=O) groups excluding carboxylic acids is 2. The zero-order valence-corrected chi connectivity index (χ0v) is 16.3. The maximum Gasteiger partial charge on any atom is 0.320 e. The van der Waals surface area contributed by atoms with Crippen molar-refractivity contribution in [2.24, 2.45) is 5.92 Å². The van der Waals surface area contributed by atoms with Crippen molar-refractivity contribution >= 4 is 20.3 Å². The van der Waals surface area contributed by atoms with E-state index < -0.39 is 32.3 Å². The number of cyclic esters (lactones) is 2. The second-order valence-electron chi connectivity index (χ2n) is 8.02. The Kier molecular flexibility index (Phi) is 4.41. The van der Waals surface area contributed by atoms with Crippen molar-refractivity contribution in [3.8, 4) is 11.5 Å². The first-order chi connectivity index (χ1) is 11.6. The lowest BCUT2D eigenvalue weighted by Gasteiger charge is -2.40. The predicted molar refractivity (Wildman–Crippen MR) is 92.8 cm³/mol. The average molecular weight is 364 g/mol. The van der Waals surface area contributed by atoms with E-state index in [9.17, 15) is 9.59 Å². The normalized spacial score (nSPS) is 21.4. The molecule has 2 atom stereocenters. The fourth-order valence-corrected chi connectivity index (χ4v) is 3.98. The van der Waals surface area contributed by atoms with Crippen LogP contribution in [0.3, 0.4) is 0 Å². The van der Waals surface area contributed by atoms with Gasteiger partial charge in [-0.3, -0.25) is 9.59 Å². The minimum absolute atomic E-state index is 0.0336. The molecule has 1 saturated heterocycles. The van der Waals surface area contributed by atoms with Crippen molar-refractivity contribution in [3.63, 3.8) is 0 Å². The highest BCUT2D eigenvalue weighted by Gasteiger charge is 2.46. The number of hydrogen-bond acceptors (Lipinski definition) is 6. The van der Waals surface area contributed by atoms with Crippen LogP contribution in [0, 0.1) is 5.92 Å². The van der Waals surface area contributed by atoms with Gasteiger partial charge in [-0.2, -0.15) is 0 Å². The van der Waals surface area contributed by atoms with Gasteiger partial charge in [0.25, 0.3) is 0 Å². The van der Waals surface area contributed by atoms with E-state index in [0.717, 1.165) is 5.56 Å².